The molecule has 0 radical (unpaired) electrons. The molecule has 0 saturated carbocycles. The van der Waals surface area contributed by atoms with Crippen molar-refractivity contribution >= 4 is 11.9 Å². The molecule has 5 heteroatoms. The molecule has 0 aromatic heterocycles. The van der Waals surface area contributed by atoms with Gasteiger partial charge in [-0.3, -0.25) is 9.59 Å². The van der Waals surface area contributed by atoms with Crippen molar-refractivity contribution in [3.8, 4) is 0 Å². The molecular formula is C69H106O5. The Kier molecular flexibility index (Phi) is 58.1. The molecule has 1 unspecified atom stereocenters. The van der Waals surface area contributed by atoms with Crippen LogP contribution in [0.15, 0.2) is 182 Å². The van der Waals surface area contributed by atoms with Crippen molar-refractivity contribution < 1.29 is 23.8 Å². The molecule has 0 N–H and O–H groups in total. The number of esters is 2. The van der Waals surface area contributed by atoms with Crippen molar-refractivity contribution in [1.82, 2.24) is 0 Å². The highest BCUT2D eigenvalue weighted by Crippen LogP contribution is 2.12. The fourth-order valence-corrected chi connectivity index (χ4v) is 7.20. The van der Waals surface area contributed by atoms with Crippen LogP contribution in [-0.4, -0.2) is 37.9 Å². The summed E-state index contributed by atoms with van der Waals surface area (Å²) in [5.41, 5.74) is 0. The average molecular weight is 1020 g/mol. The van der Waals surface area contributed by atoms with Gasteiger partial charge >= 0.3 is 11.9 Å². The van der Waals surface area contributed by atoms with E-state index >= 15 is 0 Å². The molecule has 0 aliphatic rings. The molecule has 0 aliphatic carbocycles. The van der Waals surface area contributed by atoms with Gasteiger partial charge in [-0.2, -0.15) is 0 Å². The summed E-state index contributed by atoms with van der Waals surface area (Å²) >= 11 is 0. The molecule has 1 atom stereocenters. The lowest BCUT2D eigenvalue weighted by Crippen LogP contribution is -2.30. The first-order chi connectivity index (χ1) is 36.6. The zero-order valence-electron chi connectivity index (χ0n) is 47.3. The number of allylic oxidation sites excluding steroid dienone is 30. The smallest absolute Gasteiger partial charge is 0.306 e. The van der Waals surface area contributed by atoms with Crippen molar-refractivity contribution in [1.29, 1.82) is 0 Å². The SMILES string of the molecule is CC/C=C\C/C=C\C/C=C\C/C=C\C/C=C\C/C=C\CCC(=O)OCC(COCCCCCC/C=C\C/C=C\C/C=C\C/C=C\C/C=C\CC)OC(=O)CCCCCCCC/C=C\C/C=C\C/C=C\C/C=C\CC. The van der Waals surface area contributed by atoms with Gasteiger partial charge < -0.3 is 14.2 Å². The van der Waals surface area contributed by atoms with Gasteiger partial charge in [-0.25, -0.2) is 0 Å². The minimum atomic E-state index is -0.606. The number of unbranched alkanes of at least 4 members (excludes halogenated alkanes) is 10. The zero-order chi connectivity index (χ0) is 53.4. The summed E-state index contributed by atoms with van der Waals surface area (Å²) in [5.74, 6) is -0.540. The zero-order valence-corrected chi connectivity index (χ0v) is 47.3. The number of hydrogen-bond acceptors (Lipinski definition) is 5. The van der Waals surface area contributed by atoms with Crippen LogP contribution in [-0.2, 0) is 23.8 Å². The number of carbonyl (C=O) groups excluding carboxylic acids is 2. The molecule has 0 aliphatic heterocycles. The Hall–Kier alpha value is -5.00. The van der Waals surface area contributed by atoms with Crippen molar-refractivity contribution in [3.63, 3.8) is 0 Å². The molecule has 412 valence electrons. The number of carbonyl (C=O) groups is 2. The second kappa shape index (κ2) is 62.3. The third-order valence-electron chi connectivity index (χ3n) is 11.4. The third kappa shape index (κ3) is 59.6. The van der Waals surface area contributed by atoms with Gasteiger partial charge in [-0.05, 0) is 141 Å². The maximum Gasteiger partial charge on any atom is 0.306 e. The van der Waals surface area contributed by atoms with Crippen molar-refractivity contribution in [2.75, 3.05) is 19.8 Å². The first-order valence-electron chi connectivity index (χ1n) is 29.3. The van der Waals surface area contributed by atoms with E-state index in [1.807, 2.05) is 6.08 Å². The van der Waals surface area contributed by atoms with E-state index in [0.717, 1.165) is 154 Å². The highest BCUT2D eigenvalue weighted by atomic mass is 16.6. The Morgan fingerprint density at radius 2 is 0.595 bits per heavy atom. The van der Waals surface area contributed by atoms with Gasteiger partial charge in [0.15, 0.2) is 6.10 Å². The van der Waals surface area contributed by atoms with E-state index in [9.17, 15) is 9.59 Å². The molecule has 0 bridgehead atoms. The topological polar surface area (TPSA) is 61.8 Å². The highest BCUT2D eigenvalue weighted by molar-refractivity contribution is 5.70. The van der Waals surface area contributed by atoms with Gasteiger partial charge in [-0.15, -0.1) is 0 Å². The summed E-state index contributed by atoms with van der Waals surface area (Å²) in [6.07, 6.45) is 95.0. The van der Waals surface area contributed by atoms with Crippen molar-refractivity contribution in [2.45, 2.75) is 219 Å². The summed E-state index contributed by atoms with van der Waals surface area (Å²) < 4.78 is 17.4. The summed E-state index contributed by atoms with van der Waals surface area (Å²) in [7, 11) is 0. The van der Waals surface area contributed by atoms with E-state index in [2.05, 4.69) is 197 Å². The maximum absolute atomic E-state index is 12.9. The van der Waals surface area contributed by atoms with Crippen LogP contribution in [0.3, 0.4) is 0 Å². The van der Waals surface area contributed by atoms with Gasteiger partial charge in [0, 0.05) is 19.4 Å². The maximum atomic E-state index is 12.9. The van der Waals surface area contributed by atoms with E-state index < -0.39 is 6.10 Å². The monoisotopic (exact) mass is 1010 g/mol. The molecule has 0 rings (SSSR count). The van der Waals surface area contributed by atoms with Gasteiger partial charge in [0.25, 0.3) is 0 Å². The van der Waals surface area contributed by atoms with E-state index in [0.29, 0.717) is 19.4 Å². The standard InChI is InChI=1S/C69H106O5/c1-4-7-10-13-16-19-22-25-28-31-34-37-40-43-46-49-52-55-58-61-64-72-65-67(74-69(71)63-60-57-54-51-48-45-42-39-36-33-30-27-24-21-18-15-12-9-6-3)66-73-68(70)62-59-56-53-50-47-44-41-38-35-32-29-26-23-20-17-14-11-8-5-2/h7-12,16-21,25-30,34-39,43-44,46-47,53,56,67H,4-6,13-15,22-24,31-33,40-42,45,48-52,54-55,57-66H2,1-3H3/b10-7-,11-8-,12-9-,19-16-,20-17-,21-18-,28-25-,29-26-,30-27-,37-34-,38-35-,39-36-,46-43-,47-44-,56-53-. The fraction of sp³-hybridized carbons (Fsp3) is 0.536. The molecule has 0 fully saturated rings. The third-order valence-corrected chi connectivity index (χ3v) is 11.4. The summed E-state index contributed by atoms with van der Waals surface area (Å²) in [5, 5.41) is 0. The van der Waals surface area contributed by atoms with E-state index in [1.165, 1.54) is 19.3 Å². The molecule has 0 amide bonds. The summed E-state index contributed by atoms with van der Waals surface area (Å²) in [6, 6.07) is 0. The highest BCUT2D eigenvalue weighted by Gasteiger charge is 2.17. The average Bonchev–Trinajstić information content (AvgIpc) is 3.40. The van der Waals surface area contributed by atoms with Crippen LogP contribution < -0.4 is 0 Å². The lowest BCUT2D eigenvalue weighted by Gasteiger charge is -2.18. The van der Waals surface area contributed by atoms with Crippen LogP contribution in [0.4, 0.5) is 0 Å². The van der Waals surface area contributed by atoms with Crippen LogP contribution in [0.25, 0.3) is 0 Å². The Morgan fingerprint density at radius 1 is 0.297 bits per heavy atom. The first-order valence-corrected chi connectivity index (χ1v) is 29.3. The molecule has 0 aromatic carbocycles. The van der Waals surface area contributed by atoms with Crippen LogP contribution >= 0.6 is 0 Å². The predicted octanol–water partition coefficient (Wildman–Crippen LogP) is 20.6. The second-order valence-electron chi connectivity index (χ2n) is 18.4. The van der Waals surface area contributed by atoms with Crippen molar-refractivity contribution in [2.24, 2.45) is 0 Å². The summed E-state index contributed by atoms with van der Waals surface area (Å²) in [4.78, 5) is 25.5. The molecule has 0 aromatic rings. The fourth-order valence-electron chi connectivity index (χ4n) is 7.20. The Labute approximate surface area is 455 Å². The van der Waals surface area contributed by atoms with Crippen molar-refractivity contribution in [3.05, 3.63) is 182 Å². The van der Waals surface area contributed by atoms with Gasteiger partial charge in [-0.1, -0.05) is 242 Å². The molecule has 5 nitrogen and oxygen atoms in total. The van der Waals surface area contributed by atoms with Gasteiger partial charge in [0.2, 0.25) is 0 Å². The van der Waals surface area contributed by atoms with Crippen LogP contribution in [0.5, 0.6) is 0 Å². The quantitative estimate of drug-likeness (QED) is 0.0345. The summed E-state index contributed by atoms with van der Waals surface area (Å²) in [6.45, 7) is 7.31. The number of hydrogen-bond donors (Lipinski definition) is 0. The van der Waals surface area contributed by atoms with Gasteiger partial charge in [0.05, 0.1) is 6.61 Å². The normalized spacial score (nSPS) is 13.6. The Bertz CT molecular complexity index is 1720. The lowest BCUT2D eigenvalue weighted by molar-refractivity contribution is -0.162. The largest absolute Gasteiger partial charge is 0.462 e. The first kappa shape index (κ1) is 69.0. The molecular weight excluding hydrogens is 909 g/mol. The van der Waals surface area contributed by atoms with Crippen LogP contribution in [0.1, 0.15) is 213 Å². The molecule has 0 heterocycles. The number of ether oxygens (including phenoxy) is 3. The molecule has 0 spiro atoms. The van der Waals surface area contributed by atoms with Crippen LogP contribution in [0, 0.1) is 0 Å². The Morgan fingerprint density at radius 3 is 0.959 bits per heavy atom. The van der Waals surface area contributed by atoms with E-state index in [-0.39, 0.29) is 31.6 Å². The minimum absolute atomic E-state index is 0.0147. The lowest BCUT2D eigenvalue weighted by atomic mass is 10.1. The number of rotatable bonds is 51. The van der Waals surface area contributed by atoms with E-state index in [1.54, 1.807) is 0 Å². The molecule has 0 saturated heterocycles. The second-order valence-corrected chi connectivity index (χ2v) is 18.4. The van der Waals surface area contributed by atoms with Gasteiger partial charge in [0.1, 0.15) is 6.61 Å². The minimum Gasteiger partial charge on any atom is -0.462 e. The van der Waals surface area contributed by atoms with Crippen LogP contribution in [0.2, 0.25) is 0 Å². The Balaban J connectivity index is 4.53. The van der Waals surface area contributed by atoms with E-state index in [4.69, 9.17) is 14.2 Å². The molecule has 74 heavy (non-hydrogen) atoms. The predicted molar refractivity (Wildman–Crippen MR) is 324 cm³/mol.